The maximum atomic E-state index is 12.2. The number of benzene rings is 2. The molecule has 1 amide bonds. The first-order valence-electron chi connectivity index (χ1n) is 9.92. The summed E-state index contributed by atoms with van der Waals surface area (Å²) in [6.45, 7) is 5.73. The standard InChI is InChI=1S/C22H27Cl2N3O2/c1-29-21-7-3-2-6-20(21)27-14-12-26(13-15-27)11-5-4-10-25-22(28)18-9-8-17(23)16-19(18)24/h2-3,6-9,16H,4-5,10-15H2,1H3,(H,25,28). The summed E-state index contributed by atoms with van der Waals surface area (Å²) < 4.78 is 5.48. The van der Waals surface area contributed by atoms with Crippen molar-refractivity contribution in [3.63, 3.8) is 0 Å². The number of para-hydroxylation sites is 2. The van der Waals surface area contributed by atoms with Gasteiger partial charge in [-0.2, -0.15) is 0 Å². The van der Waals surface area contributed by atoms with Gasteiger partial charge in [-0.3, -0.25) is 9.69 Å². The zero-order valence-electron chi connectivity index (χ0n) is 16.7. The number of unbranched alkanes of at least 4 members (excludes halogenated alkanes) is 1. The normalized spacial score (nSPS) is 14.7. The number of carbonyl (C=O) groups is 1. The Hall–Kier alpha value is -1.95. The Kier molecular flexibility index (Phi) is 8.04. The summed E-state index contributed by atoms with van der Waals surface area (Å²) in [5, 5.41) is 3.83. The van der Waals surface area contributed by atoms with Crippen molar-refractivity contribution in [2.45, 2.75) is 12.8 Å². The van der Waals surface area contributed by atoms with Gasteiger partial charge >= 0.3 is 0 Å². The fraction of sp³-hybridized carbons (Fsp3) is 0.409. The minimum atomic E-state index is -0.155. The monoisotopic (exact) mass is 435 g/mol. The van der Waals surface area contributed by atoms with Gasteiger partial charge in [-0.05, 0) is 49.7 Å². The molecule has 0 spiro atoms. The number of rotatable bonds is 8. The zero-order valence-corrected chi connectivity index (χ0v) is 18.2. The number of amides is 1. The van der Waals surface area contributed by atoms with Gasteiger partial charge in [-0.15, -0.1) is 0 Å². The number of piperazine rings is 1. The van der Waals surface area contributed by atoms with Gasteiger partial charge < -0.3 is 15.0 Å². The molecule has 2 aromatic carbocycles. The number of carbonyl (C=O) groups excluding carboxylic acids is 1. The first-order valence-corrected chi connectivity index (χ1v) is 10.7. The van der Waals surface area contributed by atoms with E-state index in [1.807, 2.05) is 12.1 Å². The lowest BCUT2D eigenvalue weighted by atomic mass is 10.2. The van der Waals surface area contributed by atoms with Crippen molar-refractivity contribution in [3.8, 4) is 5.75 Å². The van der Waals surface area contributed by atoms with Crippen LogP contribution in [0.1, 0.15) is 23.2 Å². The SMILES string of the molecule is COc1ccccc1N1CCN(CCCCNC(=O)c2ccc(Cl)cc2Cl)CC1. The summed E-state index contributed by atoms with van der Waals surface area (Å²) in [4.78, 5) is 17.1. The van der Waals surface area contributed by atoms with Crippen molar-refractivity contribution < 1.29 is 9.53 Å². The van der Waals surface area contributed by atoms with E-state index in [-0.39, 0.29) is 5.91 Å². The van der Waals surface area contributed by atoms with E-state index in [9.17, 15) is 4.79 Å². The highest BCUT2D eigenvalue weighted by molar-refractivity contribution is 6.36. The lowest BCUT2D eigenvalue weighted by Gasteiger charge is -2.36. The molecule has 29 heavy (non-hydrogen) atoms. The van der Waals surface area contributed by atoms with Crippen LogP contribution in [0.15, 0.2) is 42.5 Å². The summed E-state index contributed by atoms with van der Waals surface area (Å²) in [6, 6.07) is 13.1. The molecule has 3 rings (SSSR count). The molecule has 2 aromatic rings. The van der Waals surface area contributed by atoms with Crippen LogP contribution >= 0.6 is 23.2 Å². The van der Waals surface area contributed by atoms with Crippen LogP contribution in [0, 0.1) is 0 Å². The molecule has 1 heterocycles. The molecule has 0 bridgehead atoms. The molecule has 0 saturated carbocycles. The average molecular weight is 436 g/mol. The second-order valence-corrected chi connectivity index (χ2v) is 7.93. The summed E-state index contributed by atoms with van der Waals surface area (Å²) in [5.74, 6) is 0.773. The summed E-state index contributed by atoms with van der Waals surface area (Å²) in [7, 11) is 1.72. The van der Waals surface area contributed by atoms with Crippen LogP contribution in [-0.4, -0.2) is 57.2 Å². The highest BCUT2D eigenvalue weighted by atomic mass is 35.5. The van der Waals surface area contributed by atoms with Crippen LogP contribution in [0.4, 0.5) is 5.69 Å². The van der Waals surface area contributed by atoms with E-state index in [0.29, 0.717) is 22.2 Å². The molecular formula is C22H27Cl2N3O2. The Balaban J connectivity index is 1.34. The Morgan fingerprint density at radius 2 is 1.83 bits per heavy atom. The second-order valence-electron chi connectivity index (χ2n) is 7.09. The molecule has 0 atom stereocenters. The summed E-state index contributed by atoms with van der Waals surface area (Å²) in [5.41, 5.74) is 1.63. The first kappa shape index (κ1) is 21.8. The molecule has 0 radical (unpaired) electrons. The maximum Gasteiger partial charge on any atom is 0.252 e. The molecule has 156 valence electrons. The Labute approximate surface area is 182 Å². The van der Waals surface area contributed by atoms with Gasteiger partial charge in [0.15, 0.2) is 0 Å². The second kappa shape index (κ2) is 10.7. The van der Waals surface area contributed by atoms with E-state index < -0.39 is 0 Å². The molecule has 1 aliphatic heterocycles. The van der Waals surface area contributed by atoms with Gasteiger partial charge in [0.1, 0.15) is 5.75 Å². The number of hydrogen-bond donors (Lipinski definition) is 1. The fourth-order valence-corrected chi connectivity index (χ4v) is 4.03. The molecule has 1 fully saturated rings. The highest BCUT2D eigenvalue weighted by Crippen LogP contribution is 2.28. The summed E-state index contributed by atoms with van der Waals surface area (Å²) in [6.07, 6.45) is 1.98. The van der Waals surface area contributed by atoms with Crippen LogP contribution in [0.25, 0.3) is 0 Å². The van der Waals surface area contributed by atoms with Crippen molar-refractivity contribution in [3.05, 3.63) is 58.1 Å². The maximum absolute atomic E-state index is 12.2. The van der Waals surface area contributed by atoms with Crippen molar-refractivity contribution in [2.24, 2.45) is 0 Å². The van der Waals surface area contributed by atoms with E-state index in [1.54, 1.807) is 25.3 Å². The Bertz CT molecular complexity index is 823. The van der Waals surface area contributed by atoms with Gasteiger partial charge in [-0.1, -0.05) is 35.3 Å². The van der Waals surface area contributed by atoms with E-state index in [1.165, 1.54) is 5.69 Å². The molecule has 7 heteroatoms. The highest BCUT2D eigenvalue weighted by Gasteiger charge is 2.19. The van der Waals surface area contributed by atoms with Crippen LogP contribution in [0.5, 0.6) is 5.75 Å². The predicted molar refractivity (Wildman–Crippen MR) is 120 cm³/mol. The molecule has 1 N–H and O–H groups in total. The van der Waals surface area contributed by atoms with E-state index >= 15 is 0 Å². The van der Waals surface area contributed by atoms with E-state index in [4.69, 9.17) is 27.9 Å². The molecule has 0 aliphatic carbocycles. The molecule has 1 saturated heterocycles. The number of hydrogen-bond acceptors (Lipinski definition) is 4. The molecule has 5 nitrogen and oxygen atoms in total. The fourth-order valence-electron chi connectivity index (χ4n) is 3.53. The third-order valence-electron chi connectivity index (χ3n) is 5.16. The number of ether oxygens (including phenoxy) is 1. The van der Waals surface area contributed by atoms with Crippen LogP contribution in [-0.2, 0) is 0 Å². The van der Waals surface area contributed by atoms with Crippen molar-refractivity contribution in [1.29, 1.82) is 0 Å². The predicted octanol–water partition coefficient (Wildman–Crippen LogP) is 4.33. The van der Waals surface area contributed by atoms with Gasteiger partial charge in [0, 0.05) is 37.7 Å². The van der Waals surface area contributed by atoms with Gasteiger partial charge in [0.05, 0.1) is 23.4 Å². The number of nitrogens with zero attached hydrogens (tertiary/aromatic N) is 2. The van der Waals surface area contributed by atoms with Crippen molar-refractivity contribution in [2.75, 3.05) is 51.3 Å². The zero-order chi connectivity index (χ0) is 20.6. The topological polar surface area (TPSA) is 44.8 Å². The molecule has 1 aliphatic rings. The van der Waals surface area contributed by atoms with Gasteiger partial charge in [-0.25, -0.2) is 0 Å². The molecular weight excluding hydrogens is 409 g/mol. The van der Waals surface area contributed by atoms with E-state index in [0.717, 1.165) is 51.3 Å². The Morgan fingerprint density at radius 3 is 2.55 bits per heavy atom. The third-order valence-corrected chi connectivity index (χ3v) is 5.71. The molecule has 0 aromatic heterocycles. The van der Waals surface area contributed by atoms with Gasteiger partial charge in [0.25, 0.3) is 5.91 Å². The number of nitrogens with one attached hydrogen (secondary N) is 1. The quantitative estimate of drug-likeness (QED) is 0.626. The summed E-state index contributed by atoms with van der Waals surface area (Å²) >= 11 is 11.9. The smallest absolute Gasteiger partial charge is 0.252 e. The van der Waals surface area contributed by atoms with Crippen molar-refractivity contribution in [1.82, 2.24) is 10.2 Å². The minimum absolute atomic E-state index is 0.155. The van der Waals surface area contributed by atoms with Crippen molar-refractivity contribution >= 4 is 34.8 Å². The lowest BCUT2D eigenvalue weighted by Crippen LogP contribution is -2.46. The van der Waals surface area contributed by atoms with E-state index in [2.05, 4.69) is 27.2 Å². The number of anilines is 1. The first-order chi connectivity index (χ1) is 14.1. The van der Waals surface area contributed by atoms with Gasteiger partial charge in [0.2, 0.25) is 0 Å². The minimum Gasteiger partial charge on any atom is -0.495 e. The molecule has 0 unspecified atom stereocenters. The number of halogens is 2. The van der Waals surface area contributed by atoms with Crippen LogP contribution < -0.4 is 15.0 Å². The largest absolute Gasteiger partial charge is 0.495 e. The van der Waals surface area contributed by atoms with Crippen LogP contribution in [0.2, 0.25) is 10.0 Å². The van der Waals surface area contributed by atoms with Crippen LogP contribution in [0.3, 0.4) is 0 Å². The average Bonchev–Trinajstić information content (AvgIpc) is 2.74. The lowest BCUT2D eigenvalue weighted by molar-refractivity contribution is 0.0952. The Morgan fingerprint density at radius 1 is 1.07 bits per heavy atom. The third kappa shape index (κ3) is 6.01. The number of methoxy groups -OCH3 is 1.